The van der Waals surface area contributed by atoms with Crippen molar-refractivity contribution in [1.29, 1.82) is 0 Å². The summed E-state index contributed by atoms with van der Waals surface area (Å²) in [5.41, 5.74) is -2.51. The van der Waals surface area contributed by atoms with Crippen LogP contribution < -0.4 is 0 Å². The average molecular weight is 352 g/mol. The first-order valence-corrected chi connectivity index (χ1v) is 7.23. The molecule has 0 atom stereocenters. The minimum atomic E-state index is -1.97. The predicted molar refractivity (Wildman–Crippen MR) is 80.0 cm³/mol. The maximum Gasteiger partial charge on any atom is 0.130 e. The SMILES string of the molecule is Fc1cccc(F)c1C(c1c(F)cccc1F)c1c(F)cccc1F. The van der Waals surface area contributed by atoms with E-state index < -0.39 is 57.5 Å². The van der Waals surface area contributed by atoms with Gasteiger partial charge in [-0.25, -0.2) is 26.3 Å². The van der Waals surface area contributed by atoms with Crippen molar-refractivity contribution in [1.82, 2.24) is 0 Å². The Hall–Kier alpha value is -2.76. The van der Waals surface area contributed by atoms with Crippen molar-refractivity contribution in [3.8, 4) is 0 Å². The normalized spacial score (nSPS) is 11.2. The molecule has 3 aromatic carbocycles. The van der Waals surface area contributed by atoms with E-state index in [4.69, 9.17) is 0 Å². The quantitative estimate of drug-likeness (QED) is 0.419. The van der Waals surface area contributed by atoms with Crippen LogP contribution in [0.25, 0.3) is 0 Å². The summed E-state index contributed by atoms with van der Waals surface area (Å²) in [7, 11) is 0. The lowest BCUT2D eigenvalue weighted by Crippen LogP contribution is -2.15. The summed E-state index contributed by atoms with van der Waals surface area (Å²) in [5, 5.41) is 0. The van der Waals surface area contributed by atoms with Crippen molar-refractivity contribution in [3.05, 3.63) is 106 Å². The molecule has 0 aromatic heterocycles. The van der Waals surface area contributed by atoms with E-state index in [-0.39, 0.29) is 0 Å². The van der Waals surface area contributed by atoms with Gasteiger partial charge in [0.15, 0.2) is 0 Å². The molecule has 0 aliphatic heterocycles. The van der Waals surface area contributed by atoms with Gasteiger partial charge in [-0.2, -0.15) is 0 Å². The fourth-order valence-corrected chi connectivity index (χ4v) is 2.79. The predicted octanol–water partition coefficient (Wildman–Crippen LogP) is 5.70. The zero-order valence-corrected chi connectivity index (χ0v) is 12.5. The number of hydrogen-bond acceptors (Lipinski definition) is 0. The van der Waals surface area contributed by atoms with Crippen LogP contribution >= 0.6 is 0 Å². The molecular formula is C19H10F6. The van der Waals surface area contributed by atoms with E-state index in [1.54, 1.807) is 0 Å². The Morgan fingerprint density at radius 2 is 0.600 bits per heavy atom. The highest BCUT2D eigenvalue weighted by atomic mass is 19.2. The Bertz CT molecular complexity index is 752. The van der Waals surface area contributed by atoms with Gasteiger partial charge in [-0.1, -0.05) is 18.2 Å². The molecule has 0 N–H and O–H groups in total. The van der Waals surface area contributed by atoms with Gasteiger partial charge in [0.1, 0.15) is 34.9 Å². The highest BCUT2D eigenvalue weighted by Gasteiger charge is 2.32. The largest absolute Gasteiger partial charge is 0.207 e. The highest BCUT2D eigenvalue weighted by Crippen LogP contribution is 2.39. The van der Waals surface area contributed by atoms with Crippen molar-refractivity contribution in [2.45, 2.75) is 5.92 Å². The lowest BCUT2D eigenvalue weighted by Gasteiger charge is -2.22. The van der Waals surface area contributed by atoms with Gasteiger partial charge in [0, 0.05) is 16.7 Å². The molecule has 0 saturated carbocycles. The van der Waals surface area contributed by atoms with Crippen LogP contribution in [-0.2, 0) is 0 Å². The highest BCUT2D eigenvalue weighted by molar-refractivity contribution is 5.46. The summed E-state index contributed by atoms with van der Waals surface area (Å²) in [6, 6.07) is 8.23. The van der Waals surface area contributed by atoms with Crippen molar-refractivity contribution in [3.63, 3.8) is 0 Å². The summed E-state index contributed by atoms with van der Waals surface area (Å²) >= 11 is 0. The third kappa shape index (κ3) is 2.99. The van der Waals surface area contributed by atoms with Crippen LogP contribution in [-0.4, -0.2) is 0 Å². The Balaban J connectivity index is 2.42. The molecule has 0 aliphatic rings. The summed E-state index contributed by atoms with van der Waals surface area (Å²) in [4.78, 5) is 0. The number of halogens is 6. The molecule has 6 heteroatoms. The topological polar surface area (TPSA) is 0 Å². The molecule has 0 fully saturated rings. The number of benzene rings is 3. The van der Waals surface area contributed by atoms with Gasteiger partial charge < -0.3 is 0 Å². The van der Waals surface area contributed by atoms with E-state index in [0.717, 1.165) is 54.6 Å². The standard InChI is InChI=1S/C19H10F6/c20-10-4-1-5-11(21)16(10)19(17-12(22)6-2-7-13(17)23)18-14(24)8-3-9-15(18)25/h1-9,19H. The smallest absolute Gasteiger partial charge is 0.130 e. The molecule has 0 bridgehead atoms. The first-order chi connectivity index (χ1) is 11.9. The summed E-state index contributed by atoms with van der Waals surface area (Å²) in [6.07, 6.45) is 0. The Kier molecular flexibility index (Phi) is 4.53. The van der Waals surface area contributed by atoms with E-state index in [1.165, 1.54) is 0 Å². The zero-order chi connectivity index (χ0) is 18.1. The number of hydrogen-bond donors (Lipinski definition) is 0. The van der Waals surface area contributed by atoms with E-state index in [0.29, 0.717) is 0 Å². The fraction of sp³-hybridized carbons (Fsp3) is 0.0526. The second kappa shape index (κ2) is 6.63. The lowest BCUT2D eigenvalue weighted by molar-refractivity contribution is 0.499. The summed E-state index contributed by atoms with van der Waals surface area (Å²) in [6.45, 7) is 0. The molecule has 3 aromatic rings. The molecule has 0 heterocycles. The Morgan fingerprint density at radius 1 is 0.400 bits per heavy atom. The maximum atomic E-state index is 14.3. The van der Waals surface area contributed by atoms with Crippen LogP contribution in [0.5, 0.6) is 0 Å². The number of rotatable bonds is 3. The monoisotopic (exact) mass is 352 g/mol. The molecule has 0 spiro atoms. The molecule has 0 amide bonds. The van der Waals surface area contributed by atoms with Gasteiger partial charge in [-0.05, 0) is 36.4 Å². The van der Waals surface area contributed by atoms with E-state index in [1.807, 2.05) is 0 Å². The van der Waals surface area contributed by atoms with Crippen LogP contribution in [0.4, 0.5) is 26.3 Å². The van der Waals surface area contributed by atoms with Gasteiger partial charge in [-0.15, -0.1) is 0 Å². The second-order valence-electron chi connectivity index (χ2n) is 5.34. The lowest BCUT2D eigenvalue weighted by atomic mass is 9.83. The van der Waals surface area contributed by atoms with Gasteiger partial charge in [0.05, 0.1) is 5.92 Å². The van der Waals surface area contributed by atoms with Crippen molar-refractivity contribution in [2.24, 2.45) is 0 Å². The molecular weight excluding hydrogens is 342 g/mol. The summed E-state index contributed by atoms with van der Waals surface area (Å²) in [5.74, 6) is -8.99. The Labute approximate surface area is 139 Å². The van der Waals surface area contributed by atoms with Gasteiger partial charge >= 0.3 is 0 Å². The Morgan fingerprint density at radius 3 is 0.800 bits per heavy atom. The second-order valence-corrected chi connectivity index (χ2v) is 5.34. The summed E-state index contributed by atoms with van der Waals surface area (Å²) < 4.78 is 85.6. The molecule has 0 unspecified atom stereocenters. The molecule has 3 rings (SSSR count). The van der Waals surface area contributed by atoms with Gasteiger partial charge in [-0.3, -0.25) is 0 Å². The van der Waals surface area contributed by atoms with E-state index in [2.05, 4.69) is 0 Å². The molecule has 0 saturated heterocycles. The average Bonchev–Trinajstić information content (AvgIpc) is 2.53. The third-order valence-corrected chi connectivity index (χ3v) is 3.87. The van der Waals surface area contributed by atoms with E-state index >= 15 is 0 Å². The molecule has 25 heavy (non-hydrogen) atoms. The van der Waals surface area contributed by atoms with Crippen LogP contribution in [0.15, 0.2) is 54.6 Å². The molecule has 0 radical (unpaired) electrons. The molecule has 128 valence electrons. The van der Waals surface area contributed by atoms with Crippen LogP contribution in [0.3, 0.4) is 0 Å². The molecule has 0 aliphatic carbocycles. The molecule has 0 nitrogen and oxygen atoms in total. The first kappa shape index (κ1) is 17.1. The van der Waals surface area contributed by atoms with Crippen LogP contribution in [0, 0.1) is 34.9 Å². The van der Waals surface area contributed by atoms with Crippen molar-refractivity contribution >= 4 is 0 Å². The van der Waals surface area contributed by atoms with Crippen molar-refractivity contribution in [2.75, 3.05) is 0 Å². The van der Waals surface area contributed by atoms with Crippen LogP contribution in [0.2, 0.25) is 0 Å². The maximum absolute atomic E-state index is 14.3. The van der Waals surface area contributed by atoms with Crippen LogP contribution in [0.1, 0.15) is 22.6 Å². The van der Waals surface area contributed by atoms with Crippen molar-refractivity contribution < 1.29 is 26.3 Å². The minimum absolute atomic E-state index is 0.837. The van der Waals surface area contributed by atoms with E-state index in [9.17, 15) is 26.3 Å². The first-order valence-electron chi connectivity index (χ1n) is 7.23. The zero-order valence-electron chi connectivity index (χ0n) is 12.5. The third-order valence-electron chi connectivity index (χ3n) is 3.87. The minimum Gasteiger partial charge on any atom is -0.207 e. The van der Waals surface area contributed by atoms with Gasteiger partial charge in [0.25, 0.3) is 0 Å². The van der Waals surface area contributed by atoms with Gasteiger partial charge in [0.2, 0.25) is 0 Å². The fourth-order valence-electron chi connectivity index (χ4n) is 2.79.